The van der Waals surface area contributed by atoms with Crippen LogP contribution in [0.15, 0.2) is 18.7 Å². The Morgan fingerprint density at radius 2 is 1.38 bits per heavy atom. The first-order chi connectivity index (χ1) is 9.82. The van der Waals surface area contributed by atoms with E-state index in [2.05, 4.69) is 16.5 Å². The number of hydrogen-bond donors (Lipinski definition) is 0. The first-order valence-corrected chi connectivity index (χ1v) is 5.34. The maximum absolute atomic E-state index is 10.5. The molecule has 24 heavy (non-hydrogen) atoms. The number of carboxylic acids is 2. The number of carbonyl (C=O) groups is 2. The molecule has 0 spiro atoms. The van der Waals surface area contributed by atoms with Crippen molar-refractivity contribution in [2.24, 2.45) is 0 Å². The molecule has 0 bridgehead atoms. The fourth-order valence-electron chi connectivity index (χ4n) is 0.677. The summed E-state index contributed by atoms with van der Waals surface area (Å²) in [6.07, 6.45) is -3.60. The normalized spacial score (nSPS) is 9.79. The summed E-state index contributed by atoms with van der Waals surface area (Å²) in [7, 11) is 0. The van der Waals surface area contributed by atoms with Crippen LogP contribution in [0.25, 0.3) is 0 Å². The number of nitrogens with zero attached hydrogens (tertiary/aromatic N) is 2. The fourth-order valence-corrected chi connectivity index (χ4v) is 0.677. The molecule has 1 aromatic rings. The summed E-state index contributed by atoms with van der Waals surface area (Å²) in [6.45, 7) is 3.24. The van der Waals surface area contributed by atoms with Crippen molar-refractivity contribution in [2.45, 2.75) is 32.2 Å². The van der Waals surface area contributed by atoms with Gasteiger partial charge in [-0.1, -0.05) is 6.92 Å². The Bertz CT molecular complexity index is 425. The van der Waals surface area contributed by atoms with Crippen molar-refractivity contribution >= 4 is 11.9 Å². The third kappa shape index (κ3) is 18.2. The second kappa shape index (κ2) is 13.6. The van der Waals surface area contributed by atoms with E-state index < -0.39 is 24.3 Å². The zero-order chi connectivity index (χ0) is 18.0. The van der Waals surface area contributed by atoms with Crippen LogP contribution in [-0.4, -0.2) is 33.8 Å². The number of alkyl halides is 6. The van der Waals surface area contributed by atoms with Crippen LogP contribution in [0.2, 0.25) is 0 Å². The minimum absolute atomic E-state index is 0. The van der Waals surface area contributed by atoms with E-state index in [-0.39, 0.29) is 21.8 Å². The molecule has 0 fully saturated rings. The summed E-state index contributed by atoms with van der Waals surface area (Å²) in [5.74, 6) is -6.01. The summed E-state index contributed by atoms with van der Waals surface area (Å²) >= 11 is 0. The minimum atomic E-state index is -5.19. The Morgan fingerprint density at radius 3 is 1.54 bits per heavy atom. The second-order valence-corrected chi connectivity index (χ2v) is 3.37. The van der Waals surface area contributed by atoms with Crippen molar-refractivity contribution in [3.8, 4) is 0 Å². The molecule has 1 heterocycles. The molecule has 0 amide bonds. The molecule has 0 aromatic carbocycles. The molecule has 0 saturated carbocycles. The number of aryl methyl sites for hydroxylation is 1. The summed E-state index contributed by atoms with van der Waals surface area (Å²) < 4.78 is 65.2. The van der Waals surface area contributed by atoms with Gasteiger partial charge < -0.3 is 24.4 Å². The van der Waals surface area contributed by atoms with Gasteiger partial charge >= 0.3 is 29.4 Å². The van der Waals surface area contributed by atoms with Gasteiger partial charge in [-0.15, -0.1) is 0 Å². The predicted molar refractivity (Wildman–Crippen MR) is 55.8 cm³/mol. The minimum Gasteiger partial charge on any atom is -0.542 e. The first kappa shape index (κ1) is 30.1. The van der Waals surface area contributed by atoms with Crippen molar-refractivity contribution in [3.05, 3.63) is 18.7 Å². The number of aromatic nitrogens is 2. The van der Waals surface area contributed by atoms with Gasteiger partial charge in [0.25, 0.3) is 0 Å². The number of carbonyl (C=O) groups excluding carboxylic acids is 2. The SMILES string of the molecule is CCCn1ccnc1.O=C([O-])C(F)(F)F.O=C([O-])C(F)(F)F.[F].[Fe+2]. The average molecular weight is 411 g/mol. The molecule has 1 rings (SSSR count). The van der Waals surface area contributed by atoms with E-state index in [1.807, 2.05) is 12.5 Å². The summed E-state index contributed by atoms with van der Waals surface area (Å²) in [4.78, 5) is 21.5. The van der Waals surface area contributed by atoms with Gasteiger partial charge in [-0.25, -0.2) is 4.98 Å². The largest absolute Gasteiger partial charge is 2.00 e. The number of carboxylic acid groups (broad SMARTS) is 2. The van der Waals surface area contributed by atoms with Gasteiger partial charge in [0, 0.05) is 23.6 Å². The van der Waals surface area contributed by atoms with Gasteiger partial charge in [-0.3, -0.25) is 0 Å². The summed E-state index contributed by atoms with van der Waals surface area (Å²) in [5.41, 5.74) is 0. The molecule has 0 aliphatic carbocycles. The molecule has 141 valence electrons. The first-order valence-electron chi connectivity index (χ1n) is 5.34. The Balaban J connectivity index is -0.000000121. The van der Waals surface area contributed by atoms with E-state index in [1.165, 1.54) is 6.42 Å². The van der Waals surface area contributed by atoms with Gasteiger partial charge in [0.15, 0.2) is 0 Å². The van der Waals surface area contributed by atoms with E-state index >= 15 is 0 Å². The van der Waals surface area contributed by atoms with E-state index in [1.54, 1.807) is 6.20 Å². The van der Waals surface area contributed by atoms with Crippen LogP contribution in [0.5, 0.6) is 0 Å². The zero-order valence-corrected chi connectivity index (χ0v) is 12.8. The van der Waals surface area contributed by atoms with Crippen LogP contribution in [0, 0.1) is 0 Å². The van der Waals surface area contributed by atoms with Gasteiger partial charge in [0.2, 0.25) is 0 Å². The summed E-state index contributed by atoms with van der Waals surface area (Å²) in [5, 5.41) is 17.6. The molecule has 0 N–H and O–H groups in total. The molecule has 0 aliphatic heterocycles. The summed E-state index contributed by atoms with van der Waals surface area (Å²) in [6, 6.07) is 0. The predicted octanol–water partition coefficient (Wildman–Crippen LogP) is 0.308. The van der Waals surface area contributed by atoms with E-state index in [9.17, 15) is 26.3 Å². The van der Waals surface area contributed by atoms with Gasteiger partial charge in [0.1, 0.15) is 11.9 Å². The Kier molecular flexibility index (Phi) is 17.1. The van der Waals surface area contributed by atoms with Gasteiger partial charge in [0.05, 0.1) is 6.33 Å². The molecule has 0 aliphatic rings. The molecule has 1 aromatic heterocycles. The number of halogens is 7. The quantitative estimate of drug-likeness (QED) is 0.516. The molecule has 0 saturated heterocycles. The van der Waals surface area contributed by atoms with Crippen LogP contribution < -0.4 is 10.2 Å². The van der Waals surface area contributed by atoms with Crippen molar-refractivity contribution in [3.63, 3.8) is 0 Å². The van der Waals surface area contributed by atoms with Crippen LogP contribution in [-0.2, 0) is 33.2 Å². The van der Waals surface area contributed by atoms with E-state index in [0.717, 1.165) is 6.54 Å². The van der Waals surface area contributed by atoms with Crippen molar-refractivity contribution in [1.29, 1.82) is 0 Å². The zero-order valence-electron chi connectivity index (χ0n) is 11.7. The Morgan fingerprint density at radius 1 is 1.04 bits per heavy atom. The van der Waals surface area contributed by atoms with Crippen LogP contribution in [0.3, 0.4) is 0 Å². The molecular weight excluding hydrogens is 401 g/mol. The average Bonchev–Trinajstić information content (AvgIpc) is 2.81. The molecule has 0 unspecified atom stereocenters. The molecular formula is C10H10F7FeN2O4. The molecule has 0 atom stereocenters. The maximum Gasteiger partial charge on any atom is 2.00 e. The van der Waals surface area contributed by atoms with E-state index in [0.29, 0.717) is 0 Å². The maximum atomic E-state index is 10.5. The van der Waals surface area contributed by atoms with Crippen LogP contribution >= 0.6 is 0 Å². The third-order valence-corrected chi connectivity index (χ3v) is 1.50. The van der Waals surface area contributed by atoms with E-state index in [4.69, 9.17) is 19.8 Å². The second-order valence-electron chi connectivity index (χ2n) is 3.37. The smallest absolute Gasteiger partial charge is 0.542 e. The standard InChI is InChI=1S/C6H10N2.2C2HF3O2.F.Fe/c1-2-4-8-5-3-7-6-8;2*3-2(4,5)1(6)7;;/h3,5-6H,2,4H2,1H3;2*(H,6,7);;/q;;;;+2/p-2. The Hall–Kier alpha value is -1.82. The number of hydrogen-bond acceptors (Lipinski definition) is 5. The fraction of sp³-hybridized carbons (Fsp3) is 0.500. The topological polar surface area (TPSA) is 98.1 Å². The van der Waals surface area contributed by atoms with Crippen molar-refractivity contribution in [1.82, 2.24) is 9.55 Å². The third-order valence-electron chi connectivity index (χ3n) is 1.50. The Labute approximate surface area is 141 Å². The molecule has 1 radical (unpaired) electrons. The van der Waals surface area contributed by atoms with Crippen molar-refractivity contribution in [2.75, 3.05) is 0 Å². The van der Waals surface area contributed by atoms with Crippen LogP contribution in [0.4, 0.5) is 31.0 Å². The van der Waals surface area contributed by atoms with Crippen LogP contribution in [0.1, 0.15) is 13.3 Å². The number of aliphatic carboxylic acids is 2. The number of rotatable bonds is 2. The van der Waals surface area contributed by atoms with Crippen molar-refractivity contribution < 1.29 is 67.9 Å². The molecule has 14 heteroatoms. The monoisotopic (exact) mass is 411 g/mol. The van der Waals surface area contributed by atoms with Gasteiger partial charge in [-0.05, 0) is 6.42 Å². The number of imidazole rings is 1. The van der Waals surface area contributed by atoms with Gasteiger partial charge in [-0.2, -0.15) is 26.3 Å². The molecule has 6 nitrogen and oxygen atoms in total.